The molecule has 1 fully saturated rings. The van der Waals surface area contributed by atoms with Crippen molar-refractivity contribution in [2.24, 2.45) is 0 Å². The molecule has 1 N–H and O–H groups in total. The SMILES string of the molecule is FC(F)C(F)(F)Oc1ccc([C@H]2COCCN2)cc1. The first kappa shape index (κ1) is 14.1. The Morgan fingerprint density at radius 2 is 1.95 bits per heavy atom. The van der Waals surface area contributed by atoms with Gasteiger partial charge in [-0.15, -0.1) is 0 Å². The summed E-state index contributed by atoms with van der Waals surface area (Å²) in [6.07, 6.45) is -8.34. The fraction of sp³-hybridized carbons (Fsp3) is 0.500. The molecule has 0 bridgehead atoms. The molecule has 0 unspecified atom stereocenters. The molecule has 106 valence electrons. The molecular formula is C12H13F4NO2. The molecule has 3 nitrogen and oxygen atoms in total. The van der Waals surface area contributed by atoms with E-state index in [9.17, 15) is 17.6 Å². The average Bonchev–Trinajstić information content (AvgIpc) is 2.40. The van der Waals surface area contributed by atoms with Gasteiger partial charge in [-0.3, -0.25) is 0 Å². The highest BCUT2D eigenvalue weighted by atomic mass is 19.3. The Morgan fingerprint density at radius 1 is 1.26 bits per heavy atom. The molecule has 0 aliphatic carbocycles. The minimum Gasteiger partial charge on any atom is -0.428 e. The summed E-state index contributed by atoms with van der Waals surface area (Å²) < 4.78 is 58.5. The number of ether oxygens (including phenoxy) is 2. The van der Waals surface area contributed by atoms with E-state index in [2.05, 4.69) is 10.1 Å². The third kappa shape index (κ3) is 3.57. The van der Waals surface area contributed by atoms with Crippen LogP contribution in [0.5, 0.6) is 5.75 Å². The van der Waals surface area contributed by atoms with Gasteiger partial charge in [-0.05, 0) is 17.7 Å². The van der Waals surface area contributed by atoms with Gasteiger partial charge in [-0.2, -0.15) is 17.6 Å². The molecule has 1 saturated heterocycles. The Balaban J connectivity index is 2.02. The van der Waals surface area contributed by atoms with Gasteiger partial charge in [0, 0.05) is 6.54 Å². The lowest BCUT2D eigenvalue weighted by molar-refractivity contribution is -0.253. The largest absolute Gasteiger partial charge is 0.461 e. The van der Waals surface area contributed by atoms with Gasteiger partial charge in [0.1, 0.15) is 5.75 Å². The van der Waals surface area contributed by atoms with E-state index in [1.165, 1.54) is 12.1 Å². The molecule has 0 aromatic heterocycles. The van der Waals surface area contributed by atoms with E-state index >= 15 is 0 Å². The number of alkyl halides is 4. The summed E-state index contributed by atoms with van der Waals surface area (Å²) in [5.41, 5.74) is 0.826. The van der Waals surface area contributed by atoms with Gasteiger partial charge in [0.15, 0.2) is 0 Å². The highest BCUT2D eigenvalue weighted by molar-refractivity contribution is 5.29. The highest BCUT2D eigenvalue weighted by Gasteiger charge is 2.43. The standard InChI is InChI=1S/C12H13F4NO2/c13-11(14)12(15,16)19-9-3-1-8(2-4-9)10-7-18-6-5-17-10/h1-4,10-11,17H,5-7H2/t10-/m1/s1. The fourth-order valence-electron chi connectivity index (χ4n) is 1.75. The van der Waals surface area contributed by atoms with Crippen LogP contribution in [0.1, 0.15) is 11.6 Å². The average molecular weight is 279 g/mol. The molecule has 19 heavy (non-hydrogen) atoms. The number of benzene rings is 1. The van der Waals surface area contributed by atoms with Crippen LogP contribution in [0.4, 0.5) is 17.6 Å². The van der Waals surface area contributed by atoms with Gasteiger partial charge >= 0.3 is 12.5 Å². The first-order valence-corrected chi connectivity index (χ1v) is 5.75. The van der Waals surface area contributed by atoms with E-state index in [1.54, 1.807) is 12.1 Å². The molecule has 1 aromatic carbocycles. The molecule has 1 aliphatic rings. The molecule has 0 saturated carbocycles. The Kier molecular flexibility index (Phi) is 4.26. The van der Waals surface area contributed by atoms with Crippen molar-refractivity contribution < 1.29 is 27.0 Å². The topological polar surface area (TPSA) is 30.5 Å². The van der Waals surface area contributed by atoms with Crippen LogP contribution in [-0.2, 0) is 4.74 Å². The highest BCUT2D eigenvalue weighted by Crippen LogP contribution is 2.28. The van der Waals surface area contributed by atoms with Crippen molar-refractivity contribution in [1.29, 1.82) is 0 Å². The lowest BCUT2D eigenvalue weighted by atomic mass is 10.1. The number of morpholine rings is 1. The maximum atomic E-state index is 12.7. The van der Waals surface area contributed by atoms with Crippen LogP contribution in [0, 0.1) is 0 Å². The van der Waals surface area contributed by atoms with Crippen LogP contribution in [0.2, 0.25) is 0 Å². The van der Waals surface area contributed by atoms with E-state index in [1.807, 2.05) is 0 Å². The smallest absolute Gasteiger partial charge is 0.428 e. The molecule has 0 radical (unpaired) electrons. The second-order valence-electron chi connectivity index (χ2n) is 4.12. The summed E-state index contributed by atoms with van der Waals surface area (Å²) in [6.45, 7) is 1.80. The Hall–Kier alpha value is -1.34. The monoisotopic (exact) mass is 279 g/mol. The van der Waals surface area contributed by atoms with E-state index in [4.69, 9.17) is 4.74 Å². The lowest BCUT2D eigenvalue weighted by Gasteiger charge is -2.24. The number of hydrogen-bond acceptors (Lipinski definition) is 3. The summed E-state index contributed by atoms with van der Waals surface area (Å²) in [4.78, 5) is 0. The Bertz CT molecular complexity index is 405. The van der Waals surface area contributed by atoms with Gasteiger partial charge in [-0.25, -0.2) is 0 Å². The van der Waals surface area contributed by atoms with E-state index in [-0.39, 0.29) is 11.8 Å². The first-order chi connectivity index (χ1) is 8.99. The van der Waals surface area contributed by atoms with E-state index in [0.29, 0.717) is 19.8 Å². The lowest BCUT2D eigenvalue weighted by Crippen LogP contribution is -2.34. The zero-order valence-corrected chi connectivity index (χ0v) is 9.91. The third-order valence-electron chi connectivity index (χ3n) is 2.71. The van der Waals surface area contributed by atoms with E-state index < -0.39 is 12.5 Å². The van der Waals surface area contributed by atoms with Crippen LogP contribution in [0.15, 0.2) is 24.3 Å². The van der Waals surface area contributed by atoms with Crippen molar-refractivity contribution in [3.05, 3.63) is 29.8 Å². The number of hydrogen-bond donors (Lipinski definition) is 1. The maximum absolute atomic E-state index is 12.7. The molecule has 0 spiro atoms. The van der Waals surface area contributed by atoms with Crippen LogP contribution in [-0.4, -0.2) is 32.3 Å². The normalized spacial score (nSPS) is 20.6. The quantitative estimate of drug-likeness (QED) is 0.859. The summed E-state index contributed by atoms with van der Waals surface area (Å²) in [7, 11) is 0. The van der Waals surface area contributed by atoms with Crippen molar-refractivity contribution in [1.82, 2.24) is 5.32 Å². The Labute approximate surface area is 107 Å². The number of halogens is 4. The minimum absolute atomic E-state index is 0.0293. The summed E-state index contributed by atoms with van der Waals surface area (Å²) >= 11 is 0. The van der Waals surface area contributed by atoms with Crippen molar-refractivity contribution in [3.8, 4) is 5.75 Å². The van der Waals surface area contributed by atoms with Gasteiger partial charge in [-0.1, -0.05) is 12.1 Å². The minimum atomic E-state index is -4.48. The zero-order chi connectivity index (χ0) is 13.9. The van der Waals surface area contributed by atoms with Crippen molar-refractivity contribution in [2.45, 2.75) is 18.6 Å². The predicted molar refractivity (Wildman–Crippen MR) is 59.6 cm³/mol. The van der Waals surface area contributed by atoms with Crippen LogP contribution in [0.3, 0.4) is 0 Å². The van der Waals surface area contributed by atoms with Gasteiger partial charge in [0.2, 0.25) is 0 Å². The molecule has 1 aromatic rings. The van der Waals surface area contributed by atoms with Crippen LogP contribution >= 0.6 is 0 Å². The van der Waals surface area contributed by atoms with Gasteiger partial charge < -0.3 is 14.8 Å². The van der Waals surface area contributed by atoms with E-state index in [0.717, 1.165) is 5.56 Å². The molecule has 1 atom stereocenters. The first-order valence-electron chi connectivity index (χ1n) is 5.75. The maximum Gasteiger partial charge on any atom is 0.461 e. The molecular weight excluding hydrogens is 266 g/mol. The second kappa shape index (κ2) is 5.75. The van der Waals surface area contributed by atoms with Crippen molar-refractivity contribution >= 4 is 0 Å². The molecule has 0 amide bonds. The number of nitrogens with one attached hydrogen (secondary N) is 1. The molecule has 1 heterocycles. The van der Waals surface area contributed by atoms with Crippen LogP contribution in [0.25, 0.3) is 0 Å². The van der Waals surface area contributed by atoms with Gasteiger partial charge in [0.25, 0.3) is 0 Å². The Morgan fingerprint density at radius 3 is 2.47 bits per heavy atom. The van der Waals surface area contributed by atoms with Gasteiger partial charge in [0.05, 0.1) is 19.3 Å². The second-order valence-corrected chi connectivity index (χ2v) is 4.12. The summed E-state index contributed by atoms with van der Waals surface area (Å²) in [5.74, 6) is -0.300. The van der Waals surface area contributed by atoms with Crippen molar-refractivity contribution in [2.75, 3.05) is 19.8 Å². The zero-order valence-electron chi connectivity index (χ0n) is 9.91. The summed E-state index contributed by atoms with van der Waals surface area (Å²) in [6, 6.07) is 5.54. The van der Waals surface area contributed by atoms with Crippen LogP contribution < -0.4 is 10.1 Å². The predicted octanol–water partition coefficient (Wildman–Crippen LogP) is 2.58. The molecule has 2 rings (SSSR count). The third-order valence-corrected chi connectivity index (χ3v) is 2.71. The molecule has 7 heteroatoms. The van der Waals surface area contributed by atoms with Crippen molar-refractivity contribution in [3.63, 3.8) is 0 Å². The fourth-order valence-corrected chi connectivity index (χ4v) is 1.75. The summed E-state index contributed by atoms with van der Waals surface area (Å²) in [5, 5.41) is 3.19. The molecule has 1 aliphatic heterocycles. The number of rotatable bonds is 4.